The van der Waals surface area contributed by atoms with Gasteiger partial charge in [-0.3, -0.25) is 9.59 Å². The van der Waals surface area contributed by atoms with Crippen LogP contribution in [0, 0.1) is 11.7 Å². The molecule has 2 N–H and O–H groups in total. The smallest absolute Gasteiger partial charge is 0.253 e. The average Bonchev–Trinajstić information content (AvgIpc) is 2.83. The molecule has 0 spiro atoms. The lowest BCUT2D eigenvalue weighted by Crippen LogP contribution is -2.42. The zero-order valence-corrected chi connectivity index (χ0v) is 19.9. The zero-order chi connectivity index (χ0) is 24.6. The molecule has 0 atom stereocenters. The van der Waals surface area contributed by atoms with Gasteiger partial charge in [-0.1, -0.05) is 30.3 Å². The Morgan fingerprint density at radius 1 is 1.09 bits per heavy atom. The number of hydrogen-bond donors (Lipinski definition) is 2. The van der Waals surface area contributed by atoms with Gasteiger partial charge in [0.05, 0.1) is 17.0 Å². The van der Waals surface area contributed by atoms with E-state index >= 15 is 0 Å². The Morgan fingerprint density at radius 3 is 2.47 bits per heavy atom. The van der Waals surface area contributed by atoms with E-state index in [-0.39, 0.29) is 30.5 Å². The normalized spacial score (nSPS) is 15.1. The fourth-order valence-electron chi connectivity index (χ4n) is 3.84. The van der Waals surface area contributed by atoms with Crippen LogP contribution in [0.4, 0.5) is 10.1 Å². The molecule has 0 aliphatic carbocycles. The van der Waals surface area contributed by atoms with Crippen LogP contribution in [0.3, 0.4) is 0 Å². The predicted molar refractivity (Wildman–Crippen MR) is 127 cm³/mol. The quantitative estimate of drug-likeness (QED) is 0.498. The number of ether oxygens (including phenoxy) is 1. The zero-order valence-electron chi connectivity index (χ0n) is 19.1. The molecule has 1 aliphatic heterocycles. The number of nitrogens with zero attached hydrogens (tertiary/aromatic N) is 1. The molecule has 1 heterocycles. The molecule has 0 unspecified atom stereocenters. The van der Waals surface area contributed by atoms with Gasteiger partial charge in [-0.2, -0.15) is 0 Å². The Bertz CT molecular complexity index is 1100. The van der Waals surface area contributed by atoms with Crippen molar-refractivity contribution in [2.24, 2.45) is 5.92 Å². The number of sulfonamides is 1. The first-order valence-electron chi connectivity index (χ1n) is 11.2. The summed E-state index contributed by atoms with van der Waals surface area (Å²) in [5, 5.41) is 5.62. The minimum atomic E-state index is -3.70. The molecule has 0 bridgehead atoms. The third-order valence-electron chi connectivity index (χ3n) is 5.75. The highest BCUT2D eigenvalue weighted by molar-refractivity contribution is 7.88. The lowest BCUT2D eigenvalue weighted by Gasteiger charge is -2.30. The second kappa shape index (κ2) is 12.0. The van der Waals surface area contributed by atoms with Crippen LogP contribution in [0.25, 0.3) is 0 Å². The number of para-hydroxylation sites is 1. The summed E-state index contributed by atoms with van der Waals surface area (Å²) in [7, 11) is -2.11. The third-order valence-corrected chi connectivity index (χ3v) is 7.58. The van der Waals surface area contributed by atoms with Crippen molar-refractivity contribution < 1.29 is 27.1 Å². The molecule has 1 saturated heterocycles. The van der Waals surface area contributed by atoms with Gasteiger partial charge in [-0.25, -0.2) is 17.1 Å². The molecular weight excluding hydrogens is 461 g/mol. The van der Waals surface area contributed by atoms with Crippen LogP contribution in [0.15, 0.2) is 48.5 Å². The van der Waals surface area contributed by atoms with Crippen molar-refractivity contribution in [1.82, 2.24) is 9.62 Å². The number of carbonyl (C=O) groups is 2. The van der Waals surface area contributed by atoms with Crippen molar-refractivity contribution in [3.63, 3.8) is 0 Å². The standard InChI is InChI=1S/C24H30FN3O5S/c1-33-16-6-13-26-24(30)20-8-3-5-10-22(20)27-23(29)18-11-14-28(15-12-18)34(31,32)17-19-7-2-4-9-21(19)25/h2-5,7-10,18H,6,11-17H2,1H3,(H,26,30)(H,27,29). The van der Waals surface area contributed by atoms with Crippen LogP contribution in [0.1, 0.15) is 35.2 Å². The number of carbonyl (C=O) groups excluding carboxylic acids is 2. The van der Waals surface area contributed by atoms with E-state index in [9.17, 15) is 22.4 Å². The van der Waals surface area contributed by atoms with Gasteiger partial charge in [0.25, 0.3) is 5.91 Å². The van der Waals surface area contributed by atoms with Crippen LogP contribution in [0.2, 0.25) is 0 Å². The Balaban J connectivity index is 1.56. The molecule has 8 nitrogen and oxygen atoms in total. The molecule has 34 heavy (non-hydrogen) atoms. The molecule has 3 rings (SSSR count). The van der Waals surface area contributed by atoms with Crippen molar-refractivity contribution in [3.05, 3.63) is 65.5 Å². The summed E-state index contributed by atoms with van der Waals surface area (Å²) in [6.45, 7) is 1.34. The van der Waals surface area contributed by atoms with Crippen LogP contribution in [-0.2, 0) is 25.3 Å². The van der Waals surface area contributed by atoms with Crippen molar-refractivity contribution in [2.75, 3.05) is 38.7 Å². The van der Waals surface area contributed by atoms with Gasteiger partial charge in [-0.15, -0.1) is 0 Å². The Hall–Kier alpha value is -2.82. The average molecular weight is 492 g/mol. The van der Waals surface area contributed by atoms with Gasteiger partial charge < -0.3 is 15.4 Å². The molecule has 0 radical (unpaired) electrons. The first kappa shape index (κ1) is 25.8. The monoisotopic (exact) mass is 491 g/mol. The molecule has 184 valence electrons. The van der Waals surface area contributed by atoms with Gasteiger partial charge in [0, 0.05) is 44.8 Å². The fraction of sp³-hybridized carbons (Fsp3) is 0.417. The number of benzene rings is 2. The largest absolute Gasteiger partial charge is 0.385 e. The van der Waals surface area contributed by atoms with Crippen molar-refractivity contribution in [1.29, 1.82) is 0 Å². The number of anilines is 1. The molecule has 2 aromatic carbocycles. The minimum Gasteiger partial charge on any atom is -0.385 e. The number of nitrogens with one attached hydrogen (secondary N) is 2. The molecule has 2 aromatic rings. The van der Waals surface area contributed by atoms with E-state index in [1.807, 2.05) is 0 Å². The number of piperidine rings is 1. The molecule has 1 fully saturated rings. The summed E-state index contributed by atoms with van der Waals surface area (Å²) < 4.78 is 45.6. The third kappa shape index (κ3) is 6.85. The molecular formula is C24H30FN3O5S. The Morgan fingerprint density at radius 2 is 1.76 bits per heavy atom. The van der Waals surface area contributed by atoms with E-state index in [0.717, 1.165) is 0 Å². The highest BCUT2D eigenvalue weighted by Gasteiger charge is 2.32. The minimum absolute atomic E-state index is 0.125. The highest BCUT2D eigenvalue weighted by atomic mass is 32.2. The number of rotatable bonds is 10. The van der Waals surface area contributed by atoms with E-state index in [4.69, 9.17) is 4.74 Å². The maximum Gasteiger partial charge on any atom is 0.253 e. The van der Waals surface area contributed by atoms with E-state index in [2.05, 4.69) is 10.6 Å². The van der Waals surface area contributed by atoms with Crippen molar-refractivity contribution in [3.8, 4) is 0 Å². The van der Waals surface area contributed by atoms with Gasteiger partial charge in [0.1, 0.15) is 5.82 Å². The maximum atomic E-state index is 13.9. The lowest BCUT2D eigenvalue weighted by atomic mass is 9.97. The van der Waals surface area contributed by atoms with Gasteiger partial charge in [0.15, 0.2) is 0 Å². The summed E-state index contributed by atoms with van der Waals surface area (Å²) in [6.07, 6.45) is 1.36. The maximum absolute atomic E-state index is 13.9. The summed E-state index contributed by atoms with van der Waals surface area (Å²) in [5.74, 6) is -1.91. The van der Waals surface area contributed by atoms with Crippen molar-refractivity contribution >= 4 is 27.5 Å². The topological polar surface area (TPSA) is 105 Å². The lowest BCUT2D eigenvalue weighted by molar-refractivity contribution is -0.120. The number of methoxy groups -OCH3 is 1. The van der Waals surface area contributed by atoms with Crippen molar-refractivity contribution in [2.45, 2.75) is 25.0 Å². The van der Waals surface area contributed by atoms with Gasteiger partial charge >= 0.3 is 0 Å². The fourth-order valence-corrected chi connectivity index (χ4v) is 5.41. The van der Waals surface area contributed by atoms with E-state index < -0.39 is 27.5 Å². The number of amides is 2. The first-order valence-corrected chi connectivity index (χ1v) is 12.8. The Kier molecular flexibility index (Phi) is 9.14. The highest BCUT2D eigenvalue weighted by Crippen LogP contribution is 2.24. The molecule has 0 saturated carbocycles. The molecule has 10 heteroatoms. The van der Waals surface area contributed by atoms with E-state index in [0.29, 0.717) is 43.7 Å². The number of hydrogen-bond acceptors (Lipinski definition) is 5. The van der Waals surface area contributed by atoms with Crippen LogP contribution in [0.5, 0.6) is 0 Å². The summed E-state index contributed by atoms with van der Waals surface area (Å²) in [5.41, 5.74) is 0.893. The van der Waals surface area contributed by atoms with Gasteiger partial charge in [-0.05, 0) is 37.5 Å². The van der Waals surface area contributed by atoms with Crippen LogP contribution < -0.4 is 10.6 Å². The predicted octanol–water partition coefficient (Wildman–Crippen LogP) is 2.77. The Labute approximate surface area is 199 Å². The second-order valence-corrected chi connectivity index (χ2v) is 10.1. The van der Waals surface area contributed by atoms with Crippen LogP contribution in [-0.4, -0.2) is 57.9 Å². The second-order valence-electron chi connectivity index (χ2n) is 8.16. The molecule has 1 aliphatic rings. The van der Waals surface area contributed by atoms with E-state index in [1.54, 1.807) is 37.4 Å². The van der Waals surface area contributed by atoms with Crippen LogP contribution >= 0.6 is 0 Å². The molecule has 2 amide bonds. The molecule has 0 aromatic heterocycles. The first-order chi connectivity index (χ1) is 16.3. The van der Waals surface area contributed by atoms with E-state index in [1.165, 1.54) is 22.5 Å². The summed E-state index contributed by atoms with van der Waals surface area (Å²) >= 11 is 0. The number of halogens is 1. The SMILES string of the molecule is COCCCNC(=O)c1ccccc1NC(=O)C1CCN(S(=O)(=O)Cc2ccccc2F)CC1. The summed E-state index contributed by atoms with van der Waals surface area (Å²) in [4.78, 5) is 25.4. The summed E-state index contributed by atoms with van der Waals surface area (Å²) in [6, 6.07) is 12.6. The van der Waals surface area contributed by atoms with Gasteiger partial charge in [0.2, 0.25) is 15.9 Å².